The average Bonchev–Trinajstić information content (AvgIpc) is 2.60. The van der Waals surface area contributed by atoms with Crippen molar-refractivity contribution in [1.82, 2.24) is 9.21 Å². The molecule has 0 unspecified atom stereocenters. The molecule has 0 radical (unpaired) electrons. The number of piperazine rings is 1. The molecule has 6 nitrogen and oxygen atoms in total. The number of carbonyl (C=O) groups is 1. The molecule has 1 fully saturated rings. The molecule has 0 spiro atoms. The second-order valence-corrected chi connectivity index (χ2v) is 9.90. The van der Waals surface area contributed by atoms with Crippen molar-refractivity contribution in [2.24, 2.45) is 11.1 Å². The van der Waals surface area contributed by atoms with Gasteiger partial charge < -0.3 is 10.6 Å². The van der Waals surface area contributed by atoms with Crippen LogP contribution in [0.2, 0.25) is 0 Å². The molecule has 1 amide bonds. The van der Waals surface area contributed by atoms with Crippen molar-refractivity contribution < 1.29 is 13.2 Å². The molecule has 2 N–H and O–H groups in total. The van der Waals surface area contributed by atoms with E-state index in [0.717, 1.165) is 18.4 Å². The zero-order valence-electron chi connectivity index (χ0n) is 16.2. The van der Waals surface area contributed by atoms with E-state index in [0.29, 0.717) is 31.1 Å². The van der Waals surface area contributed by atoms with Crippen molar-refractivity contribution in [2.45, 2.75) is 51.5 Å². The number of carbonyl (C=O) groups excluding carboxylic acids is 1. The third-order valence-corrected chi connectivity index (χ3v) is 6.76. The van der Waals surface area contributed by atoms with Crippen LogP contribution in [0.4, 0.5) is 0 Å². The van der Waals surface area contributed by atoms with Crippen LogP contribution in [-0.4, -0.2) is 55.8 Å². The second-order valence-electron chi connectivity index (χ2n) is 7.97. The number of rotatable bonds is 5. The van der Waals surface area contributed by atoms with Crippen LogP contribution in [-0.2, 0) is 21.2 Å². The summed E-state index contributed by atoms with van der Waals surface area (Å²) < 4.78 is 27.1. The number of hydrogen-bond acceptors (Lipinski definition) is 4. The molecule has 1 atom stereocenters. The second kappa shape index (κ2) is 8.06. The van der Waals surface area contributed by atoms with E-state index < -0.39 is 16.1 Å². The van der Waals surface area contributed by atoms with E-state index in [9.17, 15) is 13.2 Å². The van der Waals surface area contributed by atoms with Gasteiger partial charge in [0.15, 0.2) is 0 Å². The Morgan fingerprint density at radius 2 is 1.65 bits per heavy atom. The topological polar surface area (TPSA) is 83.7 Å². The van der Waals surface area contributed by atoms with Gasteiger partial charge in [-0.25, -0.2) is 8.42 Å². The fraction of sp³-hybridized carbons (Fsp3) is 0.632. The summed E-state index contributed by atoms with van der Waals surface area (Å²) >= 11 is 0. The lowest BCUT2D eigenvalue weighted by molar-refractivity contribution is -0.136. The van der Waals surface area contributed by atoms with Crippen molar-refractivity contribution in [1.29, 1.82) is 0 Å². The molecular weight excluding hydrogens is 350 g/mol. The third-order valence-electron chi connectivity index (χ3n) is 4.85. The van der Waals surface area contributed by atoms with Crippen molar-refractivity contribution in [3.63, 3.8) is 0 Å². The van der Waals surface area contributed by atoms with E-state index in [1.54, 1.807) is 17.0 Å². The van der Waals surface area contributed by atoms with E-state index in [1.807, 2.05) is 32.9 Å². The molecular formula is C19H31N3O3S. The highest BCUT2D eigenvalue weighted by Crippen LogP contribution is 2.22. The van der Waals surface area contributed by atoms with E-state index in [4.69, 9.17) is 5.73 Å². The lowest BCUT2D eigenvalue weighted by Crippen LogP contribution is -2.56. The average molecular weight is 382 g/mol. The summed E-state index contributed by atoms with van der Waals surface area (Å²) in [5, 5.41) is 0. The Hall–Kier alpha value is -1.44. The Morgan fingerprint density at radius 3 is 2.12 bits per heavy atom. The quantitative estimate of drug-likeness (QED) is 0.844. The van der Waals surface area contributed by atoms with Gasteiger partial charge in [0.1, 0.15) is 0 Å². The smallest absolute Gasteiger partial charge is 0.243 e. The SMILES string of the molecule is CCCc1ccc(S(=O)(=O)N2CCN(C(=O)[C@@H](N)C(C)(C)C)CC2)cc1. The van der Waals surface area contributed by atoms with Crippen LogP contribution in [0.15, 0.2) is 29.2 Å². The molecule has 1 aliphatic heterocycles. The third kappa shape index (κ3) is 4.64. The van der Waals surface area contributed by atoms with Crippen LogP contribution in [0.25, 0.3) is 0 Å². The summed E-state index contributed by atoms with van der Waals surface area (Å²) in [6.45, 7) is 9.21. The minimum absolute atomic E-state index is 0.113. The van der Waals surface area contributed by atoms with Crippen LogP contribution in [0, 0.1) is 5.41 Å². The van der Waals surface area contributed by atoms with E-state index in [2.05, 4.69) is 6.92 Å². The molecule has 0 saturated carbocycles. The summed E-state index contributed by atoms with van der Waals surface area (Å²) in [4.78, 5) is 14.5. The van der Waals surface area contributed by atoms with Gasteiger partial charge in [-0.3, -0.25) is 4.79 Å². The molecule has 1 aromatic rings. The van der Waals surface area contributed by atoms with Crippen LogP contribution in [0.5, 0.6) is 0 Å². The minimum atomic E-state index is -3.53. The highest BCUT2D eigenvalue weighted by Gasteiger charge is 2.35. The Morgan fingerprint density at radius 1 is 1.12 bits per heavy atom. The van der Waals surface area contributed by atoms with E-state index in [1.165, 1.54) is 4.31 Å². The maximum absolute atomic E-state index is 12.8. The largest absolute Gasteiger partial charge is 0.339 e. The zero-order chi connectivity index (χ0) is 19.5. The Balaban J connectivity index is 2.03. The van der Waals surface area contributed by atoms with Gasteiger partial charge in [-0.05, 0) is 29.5 Å². The highest BCUT2D eigenvalue weighted by molar-refractivity contribution is 7.89. The predicted octanol–water partition coefficient (Wildman–Crippen LogP) is 1.85. The normalized spacial score (nSPS) is 18.0. The zero-order valence-corrected chi connectivity index (χ0v) is 17.1. The summed E-state index contributed by atoms with van der Waals surface area (Å²) in [5.74, 6) is -0.113. The molecule has 1 aromatic carbocycles. The van der Waals surface area contributed by atoms with Gasteiger partial charge >= 0.3 is 0 Å². The van der Waals surface area contributed by atoms with Gasteiger partial charge in [-0.2, -0.15) is 4.31 Å². The summed E-state index contributed by atoms with van der Waals surface area (Å²) in [6.07, 6.45) is 1.97. The number of benzene rings is 1. The first-order valence-corrected chi connectivity index (χ1v) is 10.6. The number of aryl methyl sites for hydroxylation is 1. The van der Waals surface area contributed by atoms with Crippen LogP contribution in [0.1, 0.15) is 39.7 Å². The molecule has 1 heterocycles. The van der Waals surface area contributed by atoms with Gasteiger partial charge in [-0.1, -0.05) is 46.2 Å². The first-order valence-electron chi connectivity index (χ1n) is 9.21. The lowest BCUT2D eigenvalue weighted by atomic mass is 9.86. The highest BCUT2D eigenvalue weighted by atomic mass is 32.2. The standard InChI is InChI=1S/C19H31N3O3S/c1-5-6-15-7-9-16(10-8-15)26(24,25)22-13-11-21(12-14-22)18(23)17(20)19(2,3)4/h7-10,17H,5-6,11-14,20H2,1-4H3/t17-/m1/s1. The van der Waals surface area contributed by atoms with Crippen molar-refractivity contribution in [3.05, 3.63) is 29.8 Å². The molecule has 26 heavy (non-hydrogen) atoms. The number of nitrogens with zero attached hydrogens (tertiary/aromatic N) is 2. The predicted molar refractivity (Wildman–Crippen MR) is 103 cm³/mol. The summed E-state index contributed by atoms with van der Waals surface area (Å²) in [6, 6.07) is 6.51. The van der Waals surface area contributed by atoms with Crippen LogP contribution in [0.3, 0.4) is 0 Å². The van der Waals surface area contributed by atoms with Gasteiger partial charge in [0.05, 0.1) is 10.9 Å². The number of amides is 1. The molecule has 1 aliphatic rings. The maximum Gasteiger partial charge on any atom is 0.243 e. The molecule has 1 saturated heterocycles. The molecule has 0 bridgehead atoms. The first-order chi connectivity index (χ1) is 12.1. The number of hydrogen-bond donors (Lipinski definition) is 1. The van der Waals surface area contributed by atoms with E-state index >= 15 is 0 Å². The summed E-state index contributed by atoms with van der Waals surface area (Å²) in [7, 11) is -3.53. The van der Waals surface area contributed by atoms with Crippen molar-refractivity contribution in [2.75, 3.05) is 26.2 Å². The molecule has 0 aromatic heterocycles. The van der Waals surface area contributed by atoms with Crippen LogP contribution >= 0.6 is 0 Å². The molecule has 2 rings (SSSR count). The lowest BCUT2D eigenvalue weighted by Gasteiger charge is -2.37. The molecule has 0 aliphatic carbocycles. The van der Waals surface area contributed by atoms with E-state index in [-0.39, 0.29) is 11.3 Å². The Labute approximate surface area is 157 Å². The fourth-order valence-electron chi connectivity index (χ4n) is 2.98. The first kappa shape index (κ1) is 20.9. The fourth-order valence-corrected chi connectivity index (χ4v) is 4.40. The maximum atomic E-state index is 12.8. The van der Waals surface area contributed by atoms with Crippen LogP contribution < -0.4 is 5.73 Å². The summed E-state index contributed by atoms with van der Waals surface area (Å²) in [5.41, 5.74) is 6.87. The van der Waals surface area contributed by atoms with Gasteiger partial charge in [0, 0.05) is 26.2 Å². The molecule has 146 valence electrons. The van der Waals surface area contributed by atoms with Gasteiger partial charge in [-0.15, -0.1) is 0 Å². The van der Waals surface area contributed by atoms with Gasteiger partial charge in [0.2, 0.25) is 15.9 Å². The minimum Gasteiger partial charge on any atom is -0.339 e. The van der Waals surface area contributed by atoms with Gasteiger partial charge in [0.25, 0.3) is 0 Å². The van der Waals surface area contributed by atoms with Crippen molar-refractivity contribution >= 4 is 15.9 Å². The molecule has 7 heteroatoms. The monoisotopic (exact) mass is 381 g/mol. The van der Waals surface area contributed by atoms with Crippen molar-refractivity contribution in [3.8, 4) is 0 Å². The number of nitrogens with two attached hydrogens (primary N) is 1. The number of sulfonamides is 1. The Kier molecular flexibility index (Phi) is 6.47. The Bertz CT molecular complexity index is 715.